The first-order valence-corrected chi connectivity index (χ1v) is 8.48. The molecule has 0 fully saturated rings. The van der Waals surface area contributed by atoms with Gasteiger partial charge >= 0.3 is 11.9 Å². The Morgan fingerprint density at radius 2 is 1.63 bits per heavy atom. The van der Waals surface area contributed by atoms with E-state index in [1.807, 2.05) is 0 Å². The van der Waals surface area contributed by atoms with Gasteiger partial charge in [0.15, 0.2) is 0 Å². The summed E-state index contributed by atoms with van der Waals surface area (Å²) in [6.45, 7) is 10.0. The Bertz CT molecular complexity index is 720. The predicted octanol–water partition coefficient (Wildman–Crippen LogP) is 2.58. The summed E-state index contributed by atoms with van der Waals surface area (Å²) in [7, 11) is 0. The van der Waals surface area contributed by atoms with Crippen molar-refractivity contribution < 1.29 is 28.2 Å². The van der Waals surface area contributed by atoms with E-state index in [1.54, 1.807) is 41.5 Å². The third-order valence-electron chi connectivity index (χ3n) is 3.05. The van der Waals surface area contributed by atoms with Crippen molar-refractivity contribution in [2.75, 3.05) is 5.73 Å². The van der Waals surface area contributed by atoms with Crippen molar-refractivity contribution in [3.05, 3.63) is 29.6 Å². The average Bonchev–Trinajstić information content (AvgIpc) is 2.42. The molecule has 0 aliphatic heterocycles. The summed E-state index contributed by atoms with van der Waals surface area (Å²) in [4.78, 5) is 37.0. The van der Waals surface area contributed by atoms with Crippen molar-refractivity contribution in [1.29, 1.82) is 0 Å². The van der Waals surface area contributed by atoms with E-state index < -0.39 is 47.3 Å². The van der Waals surface area contributed by atoms with Crippen molar-refractivity contribution in [2.45, 2.75) is 65.2 Å². The third kappa shape index (κ3) is 8.06. The molecular formula is C19H27FN2O5. The lowest BCUT2D eigenvalue weighted by Crippen LogP contribution is -2.46. The molecule has 0 saturated carbocycles. The summed E-state index contributed by atoms with van der Waals surface area (Å²) >= 11 is 0. The quantitative estimate of drug-likeness (QED) is 0.599. The lowest BCUT2D eigenvalue weighted by atomic mass is 10.1. The molecule has 150 valence electrons. The van der Waals surface area contributed by atoms with Gasteiger partial charge in [-0.1, -0.05) is 0 Å². The van der Waals surface area contributed by atoms with Crippen LogP contribution in [0.1, 0.15) is 58.3 Å². The Balaban J connectivity index is 3.00. The summed E-state index contributed by atoms with van der Waals surface area (Å²) in [5, 5.41) is 2.42. The van der Waals surface area contributed by atoms with Gasteiger partial charge in [-0.25, -0.2) is 9.18 Å². The van der Waals surface area contributed by atoms with Crippen molar-refractivity contribution in [3.8, 4) is 0 Å². The van der Waals surface area contributed by atoms with E-state index in [0.717, 1.165) is 12.1 Å². The van der Waals surface area contributed by atoms with Crippen molar-refractivity contribution in [1.82, 2.24) is 5.32 Å². The van der Waals surface area contributed by atoms with Crippen LogP contribution in [0.4, 0.5) is 10.1 Å². The molecule has 7 nitrogen and oxygen atoms in total. The zero-order chi connectivity index (χ0) is 21.0. The van der Waals surface area contributed by atoms with Crippen LogP contribution in [0.3, 0.4) is 0 Å². The number of esters is 2. The van der Waals surface area contributed by atoms with Gasteiger partial charge in [0.2, 0.25) is 0 Å². The number of benzene rings is 1. The van der Waals surface area contributed by atoms with E-state index in [9.17, 15) is 18.8 Å². The summed E-state index contributed by atoms with van der Waals surface area (Å²) < 4.78 is 23.6. The van der Waals surface area contributed by atoms with Crippen LogP contribution in [-0.2, 0) is 19.1 Å². The second-order valence-electron chi connectivity index (χ2n) is 8.08. The highest BCUT2D eigenvalue weighted by Crippen LogP contribution is 2.16. The van der Waals surface area contributed by atoms with E-state index >= 15 is 0 Å². The predicted molar refractivity (Wildman–Crippen MR) is 98.4 cm³/mol. The first kappa shape index (κ1) is 22.4. The molecule has 3 N–H and O–H groups in total. The molecule has 1 unspecified atom stereocenters. The number of carbonyl (C=O) groups is 3. The van der Waals surface area contributed by atoms with Gasteiger partial charge in [-0.05, 0) is 59.7 Å². The molecular weight excluding hydrogens is 355 g/mol. The second-order valence-corrected chi connectivity index (χ2v) is 8.08. The first-order chi connectivity index (χ1) is 12.2. The molecule has 1 rings (SSSR count). The molecule has 1 aromatic carbocycles. The largest absolute Gasteiger partial charge is 0.460 e. The maximum atomic E-state index is 13.2. The minimum absolute atomic E-state index is 0.0193. The Labute approximate surface area is 158 Å². The fourth-order valence-corrected chi connectivity index (χ4v) is 2.09. The number of hydrogen-bond acceptors (Lipinski definition) is 6. The van der Waals surface area contributed by atoms with Gasteiger partial charge in [-0.3, -0.25) is 9.59 Å². The fraction of sp³-hybridized carbons (Fsp3) is 0.526. The molecule has 0 bridgehead atoms. The molecule has 0 aromatic heterocycles. The number of halogens is 1. The Morgan fingerprint density at radius 1 is 1.07 bits per heavy atom. The van der Waals surface area contributed by atoms with Crippen LogP contribution in [0, 0.1) is 5.82 Å². The van der Waals surface area contributed by atoms with Crippen molar-refractivity contribution in [2.24, 2.45) is 0 Å². The van der Waals surface area contributed by atoms with Crippen molar-refractivity contribution >= 4 is 23.5 Å². The first-order valence-electron chi connectivity index (χ1n) is 8.48. The standard InChI is InChI=1S/C19H27FN2O5/c1-18(2,3)26-15(23)10-14(17(25)27-19(4,5)6)22-16(24)12-8-7-11(20)9-13(12)21/h7-9,14H,10,21H2,1-6H3,(H,22,24). The fourth-order valence-electron chi connectivity index (χ4n) is 2.09. The van der Waals surface area contributed by atoms with E-state index in [-0.39, 0.29) is 11.3 Å². The SMILES string of the molecule is CC(C)(C)OC(=O)CC(NC(=O)c1ccc(F)cc1N)C(=O)OC(C)(C)C. The molecule has 27 heavy (non-hydrogen) atoms. The molecule has 0 aliphatic carbocycles. The van der Waals surface area contributed by atoms with Crippen LogP contribution < -0.4 is 11.1 Å². The highest BCUT2D eigenvalue weighted by molar-refractivity contribution is 6.01. The van der Waals surface area contributed by atoms with E-state index in [1.165, 1.54) is 6.07 Å². The van der Waals surface area contributed by atoms with E-state index in [2.05, 4.69) is 5.32 Å². The zero-order valence-electron chi connectivity index (χ0n) is 16.5. The zero-order valence-corrected chi connectivity index (χ0v) is 16.5. The smallest absolute Gasteiger partial charge is 0.329 e. The maximum absolute atomic E-state index is 13.2. The van der Waals surface area contributed by atoms with Gasteiger partial charge in [0.1, 0.15) is 23.1 Å². The van der Waals surface area contributed by atoms with Crippen LogP contribution in [0.15, 0.2) is 18.2 Å². The van der Waals surface area contributed by atoms with E-state index in [4.69, 9.17) is 15.2 Å². The summed E-state index contributed by atoms with van der Waals surface area (Å²) in [6, 6.07) is 1.98. The molecule has 1 amide bonds. The van der Waals surface area contributed by atoms with Gasteiger partial charge in [-0.2, -0.15) is 0 Å². The number of hydrogen-bond donors (Lipinski definition) is 2. The molecule has 0 radical (unpaired) electrons. The van der Waals surface area contributed by atoms with Crippen LogP contribution in [0.5, 0.6) is 0 Å². The van der Waals surface area contributed by atoms with Gasteiger partial charge in [0.25, 0.3) is 5.91 Å². The number of carbonyl (C=O) groups excluding carboxylic acids is 3. The number of nitrogens with two attached hydrogens (primary N) is 1. The molecule has 1 aromatic rings. The Kier molecular flexibility index (Phi) is 6.94. The number of nitrogens with one attached hydrogen (secondary N) is 1. The Hall–Kier alpha value is -2.64. The number of nitrogen functional groups attached to an aromatic ring is 1. The van der Waals surface area contributed by atoms with Gasteiger partial charge in [0.05, 0.1) is 12.0 Å². The second kappa shape index (κ2) is 8.37. The number of anilines is 1. The molecule has 0 heterocycles. The monoisotopic (exact) mass is 382 g/mol. The molecule has 0 spiro atoms. The third-order valence-corrected chi connectivity index (χ3v) is 3.05. The van der Waals surface area contributed by atoms with Crippen LogP contribution in [0.25, 0.3) is 0 Å². The normalized spacial score (nSPS) is 12.9. The minimum Gasteiger partial charge on any atom is -0.460 e. The number of rotatable bonds is 5. The van der Waals surface area contributed by atoms with Gasteiger partial charge < -0.3 is 20.5 Å². The number of ether oxygens (including phenoxy) is 2. The molecule has 1 atom stereocenters. The Morgan fingerprint density at radius 3 is 2.11 bits per heavy atom. The van der Waals surface area contributed by atoms with Crippen LogP contribution in [-0.4, -0.2) is 35.1 Å². The topological polar surface area (TPSA) is 108 Å². The van der Waals surface area contributed by atoms with Gasteiger partial charge in [-0.15, -0.1) is 0 Å². The molecule has 8 heteroatoms. The highest BCUT2D eigenvalue weighted by atomic mass is 19.1. The van der Waals surface area contributed by atoms with Crippen LogP contribution in [0.2, 0.25) is 0 Å². The van der Waals surface area contributed by atoms with E-state index in [0.29, 0.717) is 0 Å². The van der Waals surface area contributed by atoms with Crippen molar-refractivity contribution in [3.63, 3.8) is 0 Å². The lowest BCUT2D eigenvalue weighted by Gasteiger charge is -2.26. The number of amides is 1. The molecule has 0 aliphatic rings. The maximum Gasteiger partial charge on any atom is 0.329 e. The summed E-state index contributed by atoms with van der Waals surface area (Å²) in [6.07, 6.45) is -0.418. The summed E-state index contributed by atoms with van der Waals surface area (Å²) in [5.74, 6) is -2.79. The summed E-state index contributed by atoms with van der Waals surface area (Å²) in [5.41, 5.74) is 3.98. The van der Waals surface area contributed by atoms with Crippen LogP contribution >= 0.6 is 0 Å². The molecule has 0 saturated heterocycles. The average molecular weight is 382 g/mol. The van der Waals surface area contributed by atoms with Gasteiger partial charge in [0, 0.05) is 5.69 Å². The highest BCUT2D eigenvalue weighted by Gasteiger charge is 2.31. The minimum atomic E-state index is -1.28. The lowest BCUT2D eigenvalue weighted by molar-refractivity contribution is -0.164.